The number of amides is 2. The van der Waals surface area contributed by atoms with Crippen molar-refractivity contribution in [2.24, 2.45) is 0 Å². The fourth-order valence-electron chi connectivity index (χ4n) is 2.14. The first-order valence-corrected chi connectivity index (χ1v) is 7.24. The summed E-state index contributed by atoms with van der Waals surface area (Å²) in [4.78, 5) is 36.5. The lowest BCUT2D eigenvalue weighted by Crippen LogP contribution is -2.57. The van der Waals surface area contributed by atoms with Crippen LogP contribution >= 0.6 is 0 Å². The van der Waals surface area contributed by atoms with Crippen LogP contribution < -0.4 is 10.6 Å². The Hall–Kier alpha value is -2.37. The molecule has 0 radical (unpaired) electrons. The number of likely N-dealkylation sites (N-methyl/N-ethyl adjacent to an activating group) is 2. The molecule has 0 saturated heterocycles. The summed E-state index contributed by atoms with van der Waals surface area (Å²) in [5.41, 5.74) is -1.12. The molecule has 0 aliphatic carbocycles. The van der Waals surface area contributed by atoms with Crippen LogP contribution in [0, 0.1) is 0 Å². The van der Waals surface area contributed by atoms with Gasteiger partial charge in [0.25, 0.3) is 0 Å². The molecule has 1 aromatic rings. The van der Waals surface area contributed by atoms with E-state index >= 15 is 0 Å². The van der Waals surface area contributed by atoms with Gasteiger partial charge in [0.15, 0.2) is 5.41 Å². The summed E-state index contributed by atoms with van der Waals surface area (Å²) in [5.74, 6) is -1.53. The van der Waals surface area contributed by atoms with E-state index in [4.69, 9.17) is 4.74 Å². The Labute approximate surface area is 130 Å². The molecule has 0 aromatic heterocycles. The van der Waals surface area contributed by atoms with Crippen LogP contribution in [0.25, 0.3) is 0 Å². The van der Waals surface area contributed by atoms with E-state index in [1.54, 1.807) is 44.2 Å². The molecule has 0 aliphatic rings. The van der Waals surface area contributed by atoms with Crippen molar-refractivity contribution in [2.45, 2.75) is 26.2 Å². The number of benzene rings is 1. The minimum absolute atomic E-state index is 0.343. The van der Waals surface area contributed by atoms with E-state index in [0.717, 1.165) is 0 Å². The van der Waals surface area contributed by atoms with Gasteiger partial charge in [-0.25, -0.2) is 0 Å². The minimum atomic E-state index is -1.60. The standard InChI is InChI=1S/C16H22N2O4/c1-4-17-14(20)16(11-22-12(3)19,15(21)18-5-2)13-9-7-6-8-10-13/h6-10H,4-5,11H2,1-3H3,(H,17,20)(H,18,21). The second-order valence-corrected chi connectivity index (χ2v) is 4.77. The summed E-state index contributed by atoms with van der Waals surface area (Å²) in [6.07, 6.45) is 0. The van der Waals surface area contributed by atoms with Gasteiger partial charge in [0.05, 0.1) is 0 Å². The van der Waals surface area contributed by atoms with Crippen molar-refractivity contribution in [3.05, 3.63) is 35.9 Å². The van der Waals surface area contributed by atoms with Crippen molar-refractivity contribution in [2.75, 3.05) is 19.7 Å². The molecule has 6 heteroatoms. The van der Waals surface area contributed by atoms with Crippen molar-refractivity contribution in [3.63, 3.8) is 0 Å². The lowest BCUT2D eigenvalue weighted by Gasteiger charge is -2.30. The van der Waals surface area contributed by atoms with Crippen LogP contribution in [-0.2, 0) is 24.5 Å². The average Bonchev–Trinajstić information content (AvgIpc) is 2.49. The van der Waals surface area contributed by atoms with E-state index in [1.165, 1.54) is 6.92 Å². The summed E-state index contributed by atoms with van der Waals surface area (Å²) in [6, 6.07) is 8.60. The van der Waals surface area contributed by atoms with Gasteiger partial charge < -0.3 is 15.4 Å². The van der Waals surface area contributed by atoms with Crippen molar-refractivity contribution in [1.29, 1.82) is 0 Å². The number of carbonyl (C=O) groups is 3. The molecule has 2 amide bonds. The first-order chi connectivity index (χ1) is 10.5. The second-order valence-electron chi connectivity index (χ2n) is 4.77. The largest absolute Gasteiger partial charge is 0.464 e. The van der Waals surface area contributed by atoms with Crippen molar-refractivity contribution in [3.8, 4) is 0 Å². The first-order valence-electron chi connectivity index (χ1n) is 7.24. The Kier molecular flexibility index (Phi) is 6.56. The lowest BCUT2D eigenvalue weighted by atomic mass is 9.79. The third kappa shape index (κ3) is 3.84. The number of ether oxygens (including phenoxy) is 1. The molecule has 2 N–H and O–H groups in total. The molecule has 1 rings (SSSR count). The van der Waals surface area contributed by atoms with E-state index in [1.807, 2.05) is 0 Å². The normalized spacial score (nSPS) is 10.7. The number of esters is 1. The molecular weight excluding hydrogens is 284 g/mol. The van der Waals surface area contributed by atoms with Crippen molar-refractivity contribution >= 4 is 17.8 Å². The molecular formula is C16H22N2O4. The van der Waals surface area contributed by atoms with E-state index in [0.29, 0.717) is 18.7 Å². The topological polar surface area (TPSA) is 84.5 Å². The smallest absolute Gasteiger partial charge is 0.302 e. The molecule has 0 spiro atoms. The predicted octanol–water partition coefficient (Wildman–Crippen LogP) is 0.760. The highest BCUT2D eigenvalue weighted by Gasteiger charge is 2.48. The number of rotatable bonds is 7. The molecule has 0 atom stereocenters. The fraction of sp³-hybridized carbons (Fsp3) is 0.438. The van der Waals surface area contributed by atoms with E-state index < -0.39 is 23.2 Å². The van der Waals surface area contributed by atoms with Gasteiger partial charge >= 0.3 is 5.97 Å². The zero-order valence-corrected chi connectivity index (χ0v) is 13.1. The van der Waals surface area contributed by atoms with E-state index in [-0.39, 0.29) is 6.61 Å². The molecule has 0 bridgehead atoms. The zero-order chi connectivity index (χ0) is 16.6. The molecule has 120 valence electrons. The van der Waals surface area contributed by atoms with E-state index in [2.05, 4.69) is 10.6 Å². The predicted molar refractivity (Wildman–Crippen MR) is 82.1 cm³/mol. The van der Waals surface area contributed by atoms with Gasteiger partial charge in [-0.05, 0) is 19.4 Å². The molecule has 0 unspecified atom stereocenters. The molecule has 1 aromatic carbocycles. The van der Waals surface area contributed by atoms with E-state index in [9.17, 15) is 14.4 Å². The summed E-state index contributed by atoms with van der Waals surface area (Å²) in [7, 11) is 0. The van der Waals surface area contributed by atoms with Gasteiger partial charge in [-0.15, -0.1) is 0 Å². The Balaban J connectivity index is 3.37. The molecule has 0 aliphatic heterocycles. The Morgan fingerprint density at radius 3 is 1.91 bits per heavy atom. The maximum atomic E-state index is 12.6. The van der Waals surface area contributed by atoms with Crippen LogP contribution in [-0.4, -0.2) is 37.5 Å². The van der Waals surface area contributed by atoms with Gasteiger partial charge in [-0.3, -0.25) is 14.4 Å². The fourth-order valence-corrected chi connectivity index (χ4v) is 2.14. The summed E-state index contributed by atoms with van der Waals surface area (Å²) in [5, 5.41) is 5.31. The molecule has 6 nitrogen and oxygen atoms in total. The lowest BCUT2D eigenvalue weighted by molar-refractivity contribution is -0.149. The SMILES string of the molecule is CCNC(=O)C(COC(C)=O)(C(=O)NCC)c1ccccc1. The van der Waals surface area contributed by atoms with Gasteiger partial charge in [0.2, 0.25) is 11.8 Å². The number of hydrogen-bond donors (Lipinski definition) is 2. The monoisotopic (exact) mass is 306 g/mol. The van der Waals surface area contributed by atoms with Gasteiger partial charge in [0.1, 0.15) is 6.61 Å². The van der Waals surface area contributed by atoms with Crippen molar-refractivity contribution in [1.82, 2.24) is 10.6 Å². The van der Waals surface area contributed by atoms with Crippen LogP contribution in [0.3, 0.4) is 0 Å². The number of hydrogen-bond acceptors (Lipinski definition) is 4. The Morgan fingerprint density at radius 2 is 1.50 bits per heavy atom. The third-order valence-corrected chi connectivity index (χ3v) is 3.21. The Morgan fingerprint density at radius 1 is 1.00 bits per heavy atom. The zero-order valence-electron chi connectivity index (χ0n) is 13.1. The van der Waals surface area contributed by atoms with Crippen LogP contribution in [0.4, 0.5) is 0 Å². The van der Waals surface area contributed by atoms with Crippen LogP contribution in [0.1, 0.15) is 26.3 Å². The van der Waals surface area contributed by atoms with Crippen LogP contribution in [0.15, 0.2) is 30.3 Å². The second kappa shape index (κ2) is 8.17. The van der Waals surface area contributed by atoms with Crippen molar-refractivity contribution < 1.29 is 19.1 Å². The maximum absolute atomic E-state index is 12.6. The van der Waals surface area contributed by atoms with Crippen LogP contribution in [0.5, 0.6) is 0 Å². The summed E-state index contributed by atoms with van der Waals surface area (Å²) in [6.45, 7) is 5.16. The summed E-state index contributed by atoms with van der Waals surface area (Å²) < 4.78 is 5.04. The highest BCUT2D eigenvalue weighted by Crippen LogP contribution is 2.26. The Bertz CT molecular complexity index is 510. The van der Waals surface area contributed by atoms with Crippen LogP contribution in [0.2, 0.25) is 0 Å². The van der Waals surface area contributed by atoms with Gasteiger partial charge in [0, 0.05) is 20.0 Å². The average molecular weight is 306 g/mol. The first kappa shape index (κ1) is 17.7. The maximum Gasteiger partial charge on any atom is 0.302 e. The highest BCUT2D eigenvalue weighted by molar-refractivity contribution is 6.11. The van der Waals surface area contributed by atoms with Gasteiger partial charge in [-0.2, -0.15) is 0 Å². The third-order valence-electron chi connectivity index (χ3n) is 3.21. The molecule has 0 saturated carbocycles. The van der Waals surface area contributed by atoms with Gasteiger partial charge in [-0.1, -0.05) is 30.3 Å². The minimum Gasteiger partial charge on any atom is -0.464 e. The molecule has 0 heterocycles. The highest BCUT2D eigenvalue weighted by atomic mass is 16.5. The summed E-state index contributed by atoms with van der Waals surface area (Å²) >= 11 is 0. The quantitative estimate of drug-likeness (QED) is 0.575. The molecule has 0 fully saturated rings. The number of nitrogens with one attached hydrogen (secondary N) is 2. The number of carbonyl (C=O) groups excluding carboxylic acids is 3. The molecule has 22 heavy (non-hydrogen) atoms.